The number of aryl methyl sites for hydroxylation is 1. The number of nitrogens with zero attached hydrogens (tertiary/aromatic N) is 2. The Morgan fingerprint density at radius 3 is 2.30 bits per heavy atom. The maximum atomic E-state index is 12.5. The van der Waals surface area contributed by atoms with E-state index in [2.05, 4.69) is 10.2 Å². The highest BCUT2D eigenvalue weighted by Gasteiger charge is 2.22. The molecule has 142 valence electrons. The number of rotatable bonds is 3. The predicted octanol–water partition coefficient (Wildman–Crippen LogP) is 3.79. The van der Waals surface area contributed by atoms with Gasteiger partial charge in [0.05, 0.1) is 12.7 Å². The zero-order valence-electron chi connectivity index (χ0n) is 15.4. The summed E-state index contributed by atoms with van der Waals surface area (Å²) in [5.41, 5.74) is 3.25. The summed E-state index contributed by atoms with van der Waals surface area (Å²) in [5, 5.41) is 3.60. The summed E-state index contributed by atoms with van der Waals surface area (Å²) >= 11 is 5.96. The van der Waals surface area contributed by atoms with E-state index in [1.165, 1.54) is 7.11 Å². The maximum Gasteiger partial charge on any atom is 0.337 e. The first-order chi connectivity index (χ1) is 13.0. The van der Waals surface area contributed by atoms with Gasteiger partial charge in [0.15, 0.2) is 0 Å². The second-order valence-electron chi connectivity index (χ2n) is 6.40. The molecule has 0 atom stereocenters. The molecular weight excluding hydrogens is 366 g/mol. The monoisotopic (exact) mass is 387 g/mol. The molecule has 1 aliphatic heterocycles. The maximum absolute atomic E-state index is 12.5. The Hall–Kier alpha value is -2.73. The number of methoxy groups -OCH3 is 1. The lowest BCUT2D eigenvalue weighted by Crippen LogP contribution is -2.50. The van der Waals surface area contributed by atoms with Crippen LogP contribution in [0.25, 0.3) is 0 Å². The van der Waals surface area contributed by atoms with Gasteiger partial charge < -0.3 is 19.9 Å². The predicted molar refractivity (Wildman–Crippen MR) is 107 cm³/mol. The fourth-order valence-electron chi connectivity index (χ4n) is 3.06. The van der Waals surface area contributed by atoms with Gasteiger partial charge in [-0.05, 0) is 55.0 Å². The number of amides is 2. The summed E-state index contributed by atoms with van der Waals surface area (Å²) in [7, 11) is 1.37. The number of ether oxygens (including phenoxy) is 1. The van der Waals surface area contributed by atoms with Gasteiger partial charge in [-0.2, -0.15) is 0 Å². The number of anilines is 2. The molecule has 0 aromatic heterocycles. The number of urea groups is 1. The van der Waals surface area contributed by atoms with Crippen LogP contribution in [0.1, 0.15) is 15.9 Å². The van der Waals surface area contributed by atoms with Crippen LogP contribution in [0.2, 0.25) is 5.02 Å². The zero-order valence-corrected chi connectivity index (χ0v) is 16.1. The topological polar surface area (TPSA) is 61.9 Å². The van der Waals surface area contributed by atoms with Crippen molar-refractivity contribution in [2.75, 3.05) is 43.5 Å². The highest BCUT2D eigenvalue weighted by Crippen LogP contribution is 2.21. The SMILES string of the molecule is COC(=O)c1ccc(N2CCN(C(=O)Nc3ccc(Cl)cc3C)CC2)cc1. The third-order valence-corrected chi connectivity index (χ3v) is 4.89. The van der Waals surface area contributed by atoms with E-state index >= 15 is 0 Å². The smallest absolute Gasteiger partial charge is 0.337 e. The number of halogens is 1. The Morgan fingerprint density at radius 2 is 1.70 bits per heavy atom. The van der Waals surface area contributed by atoms with E-state index < -0.39 is 0 Å². The molecule has 0 saturated carbocycles. The molecule has 1 heterocycles. The molecule has 2 aromatic carbocycles. The van der Waals surface area contributed by atoms with E-state index in [9.17, 15) is 9.59 Å². The number of nitrogens with one attached hydrogen (secondary N) is 1. The minimum absolute atomic E-state index is 0.110. The van der Waals surface area contributed by atoms with Crippen molar-refractivity contribution in [3.63, 3.8) is 0 Å². The third kappa shape index (κ3) is 4.52. The fourth-order valence-corrected chi connectivity index (χ4v) is 3.28. The molecule has 6 nitrogen and oxygen atoms in total. The minimum Gasteiger partial charge on any atom is -0.465 e. The Kier molecular flexibility index (Phi) is 5.86. The summed E-state index contributed by atoms with van der Waals surface area (Å²) in [6.45, 7) is 4.61. The van der Waals surface area contributed by atoms with E-state index in [1.807, 2.05) is 31.2 Å². The number of hydrogen-bond acceptors (Lipinski definition) is 4. The molecular formula is C20H22ClN3O3. The highest BCUT2D eigenvalue weighted by molar-refractivity contribution is 6.30. The molecule has 1 N–H and O–H groups in total. The first kappa shape index (κ1) is 19.0. The number of benzene rings is 2. The lowest BCUT2D eigenvalue weighted by atomic mass is 10.2. The number of carbonyl (C=O) groups excluding carboxylic acids is 2. The van der Waals surface area contributed by atoms with Crippen molar-refractivity contribution in [2.24, 2.45) is 0 Å². The van der Waals surface area contributed by atoms with Gasteiger partial charge in [0.2, 0.25) is 0 Å². The lowest BCUT2D eigenvalue weighted by molar-refractivity contribution is 0.0600. The van der Waals surface area contributed by atoms with Crippen molar-refractivity contribution < 1.29 is 14.3 Å². The van der Waals surface area contributed by atoms with Crippen LogP contribution in [0.5, 0.6) is 0 Å². The number of hydrogen-bond donors (Lipinski definition) is 1. The highest BCUT2D eigenvalue weighted by atomic mass is 35.5. The van der Waals surface area contributed by atoms with Gasteiger partial charge in [-0.3, -0.25) is 0 Å². The Morgan fingerprint density at radius 1 is 1.04 bits per heavy atom. The van der Waals surface area contributed by atoms with Gasteiger partial charge in [0.25, 0.3) is 0 Å². The molecule has 2 amide bonds. The molecule has 3 rings (SSSR count). The van der Waals surface area contributed by atoms with Crippen LogP contribution in [0.15, 0.2) is 42.5 Å². The summed E-state index contributed by atoms with van der Waals surface area (Å²) in [4.78, 5) is 28.0. The first-order valence-corrected chi connectivity index (χ1v) is 9.11. The second kappa shape index (κ2) is 8.31. The molecule has 0 spiro atoms. The summed E-state index contributed by atoms with van der Waals surface area (Å²) < 4.78 is 4.71. The zero-order chi connectivity index (χ0) is 19.4. The molecule has 1 saturated heterocycles. The third-order valence-electron chi connectivity index (χ3n) is 4.65. The van der Waals surface area contributed by atoms with Crippen LogP contribution in [-0.4, -0.2) is 50.2 Å². The van der Waals surface area contributed by atoms with Gasteiger partial charge in [0, 0.05) is 42.6 Å². The van der Waals surface area contributed by atoms with Crippen molar-refractivity contribution in [1.82, 2.24) is 4.90 Å². The average molecular weight is 388 g/mol. The summed E-state index contributed by atoms with van der Waals surface area (Å²) in [5.74, 6) is -0.347. The second-order valence-corrected chi connectivity index (χ2v) is 6.84. The normalized spacial score (nSPS) is 14.0. The van der Waals surface area contributed by atoms with Gasteiger partial charge in [0.1, 0.15) is 0 Å². The molecule has 0 radical (unpaired) electrons. The molecule has 7 heteroatoms. The Balaban J connectivity index is 1.56. The molecule has 27 heavy (non-hydrogen) atoms. The van der Waals surface area contributed by atoms with Crippen molar-refractivity contribution in [3.8, 4) is 0 Å². The van der Waals surface area contributed by atoms with E-state index in [0.717, 1.165) is 30.0 Å². The van der Waals surface area contributed by atoms with Crippen molar-refractivity contribution in [2.45, 2.75) is 6.92 Å². The van der Waals surface area contributed by atoms with Gasteiger partial charge in [-0.15, -0.1) is 0 Å². The fraction of sp³-hybridized carbons (Fsp3) is 0.300. The Labute approximate surface area is 163 Å². The summed E-state index contributed by atoms with van der Waals surface area (Å²) in [6, 6.07) is 12.6. The van der Waals surface area contributed by atoms with Gasteiger partial charge in [-0.25, -0.2) is 9.59 Å². The molecule has 0 bridgehead atoms. The molecule has 0 aliphatic carbocycles. The van der Waals surface area contributed by atoms with E-state index in [0.29, 0.717) is 23.7 Å². The first-order valence-electron chi connectivity index (χ1n) is 8.73. The van der Waals surface area contributed by atoms with E-state index in [-0.39, 0.29) is 12.0 Å². The van der Waals surface area contributed by atoms with Crippen molar-refractivity contribution in [1.29, 1.82) is 0 Å². The van der Waals surface area contributed by atoms with E-state index in [1.54, 1.807) is 23.1 Å². The van der Waals surface area contributed by atoms with Crippen LogP contribution in [0.3, 0.4) is 0 Å². The minimum atomic E-state index is -0.347. The van der Waals surface area contributed by atoms with Crippen LogP contribution in [-0.2, 0) is 4.74 Å². The van der Waals surface area contributed by atoms with Crippen LogP contribution in [0.4, 0.5) is 16.2 Å². The van der Waals surface area contributed by atoms with Crippen LogP contribution < -0.4 is 10.2 Å². The van der Waals surface area contributed by atoms with Crippen molar-refractivity contribution in [3.05, 3.63) is 58.6 Å². The number of carbonyl (C=O) groups is 2. The average Bonchev–Trinajstić information content (AvgIpc) is 2.69. The van der Waals surface area contributed by atoms with Crippen LogP contribution >= 0.6 is 11.6 Å². The molecule has 0 unspecified atom stereocenters. The summed E-state index contributed by atoms with van der Waals surface area (Å²) in [6.07, 6.45) is 0. The van der Waals surface area contributed by atoms with Gasteiger partial charge >= 0.3 is 12.0 Å². The Bertz CT molecular complexity index is 831. The van der Waals surface area contributed by atoms with E-state index in [4.69, 9.17) is 16.3 Å². The number of piperazine rings is 1. The molecule has 2 aromatic rings. The lowest BCUT2D eigenvalue weighted by Gasteiger charge is -2.36. The standard InChI is InChI=1S/C20H22ClN3O3/c1-14-13-16(21)5-8-18(14)22-20(26)24-11-9-23(10-12-24)17-6-3-15(4-7-17)19(25)27-2/h3-8,13H,9-12H2,1-2H3,(H,22,26). The molecule has 1 aliphatic rings. The van der Waals surface area contributed by atoms with Gasteiger partial charge in [-0.1, -0.05) is 11.6 Å². The number of esters is 1. The van der Waals surface area contributed by atoms with Crippen molar-refractivity contribution >= 4 is 35.0 Å². The largest absolute Gasteiger partial charge is 0.465 e. The quantitative estimate of drug-likeness (QED) is 0.814. The molecule has 1 fully saturated rings. The van der Waals surface area contributed by atoms with Crippen LogP contribution in [0, 0.1) is 6.92 Å².